The number of hydrogen-bond acceptors (Lipinski definition) is 6. The molecule has 6 nitrogen and oxygen atoms in total. The Hall–Kier alpha value is -0.690. The van der Waals surface area contributed by atoms with Crippen molar-refractivity contribution in [1.82, 2.24) is 4.90 Å². The molecule has 1 saturated heterocycles. The molecule has 54 heavy (non-hydrogen) atoms. The lowest BCUT2D eigenvalue weighted by Crippen LogP contribution is -2.54. The van der Waals surface area contributed by atoms with Crippen LogP contribution < -0.4 is 0 Å². The zero-order valence-corrected chi connectivity index (χ0v) is 36.9. The maximum absolute atomic E-state index is 12.9. The maximum atomic E-state index is 12.9. The van der Waals surface area contributed by atoms with Crippen LogP contribution in [0.3, 0.4) is 0 Å². The fourth-order valence-corrected chi connectivity index (χ4v) is 9.06. The molecule has 6 unspecified atom stereocenters. The molecule has 0 aromatic carbocycles. The van der Waals surface area contributed by atoms with Gasteiger partial charge in [0.05, 0.1) is 24.7 Å². The highest BCUT2D eigenvalue weighted by Gasteiger charge is 2.69. The number of unbranched alkanes of at least 4 members (excludes halogenated alkanes) is 20. The molecule has 6 atom stereocenters. The highest BCUT2D eigenvalue weighted by Crippen LogP contribution is 2.58. The molecule has 1 aliphatic carbocycles. The van der Waals surface area contributed by atoms with Gasteiger partial charge in [-0.3, -0.25) is 4.79 Å². The van der Waals surface area contributed by atoms with Crippen molar-refractivity contribution >= 4 is 5.97 Å². The van der Waals surface area contributed by atoms with Gasteiger partial charge in [0.2, 0.25) is 0 Å². The second-order valence-electron chi connectivity index (χ2n) is 17.8. The molecule has 1 heterocycles. The average molecular weight is 764 g/mol. The number of hydrogen-bond donors (Lipinski definition) is 1. The molecule has 0 aromatic rings. The summed E-state index contributed by atoms with van der Waals surface area (Å²) in [6, 6.07) is 0. The summed E-state index contributed by atoms with van der Waals surface area (Å²) in [6.45, 7) is 12.2. The van der Waals surface area contributed by atoms with Crippen LogP contribution in [0.1, 0.15) is 233 Å². The van der Waals surface area contributed by atoms with Crippen LogP contribution in [0.2, 0.25) is 0 Å². The van der Waals surface area contributed by atoms with E-state index in [4.69, 9.17) is 14.2 Å². The quantitative estimate of drug-likeness (QED) is 0.0380. The molecule has 6 heteroatoms. The van der Waals surface area contributed by atoms with E-state index < -0.39 is 0 Å². The van der Waals surface area contributed by atoms with Gasteiger partial charge in [-0.25, -0.2) is 0 Å². The molecule has 0 bridgehead atoms. The normalized spacial score (nSPS) is 20.8. The fourth-order valence-electron chi connectivity index (χ4n) is 9.06. The molecule has 0 radical (unpaired) electrons. The van der Waals surface area contributed by atoms with Gasteiger partial charge in [-0.1, -0.05) is 169 Å². The topological polar surface area (TPSA) is 71.5 Å². The number of aliphatic hydroxyl groups excluding tert-OH is 1. The molecule has 1 aliphatic heterocycles. The van der Waals surface area contributed by atoms with Crippen LogP contribution in [0.5, 0.6) is 0 Å². The summed E-state index contributed by atoms with van der Waals surface area (Å²) in [5.74, 6) is 0.784. The third kappa shape index (κ3) is 21.7. The minimum absolute atomic E-state index is 0.0374. The standard InChI is InChI=1S/C48H93NO5/c1-6-10-14-18-20-25-33-42(32-24-16-12-8-3)47(51)52-38-30-23-22-29-37-49(5)41-44(50)36-28-31-39-53-48(40-45-46(48)54-45)43(34-26-17-13-9-4)35-27-21-19-15-11-7-2/h42-46,50H,6-41H2,1-5H3. The van der Waals surface area contributed by atoms with E-state index in [1.807, 2.05) is 0 Å². The summed E-state index contributed by atoms with van der Waals surface area (Å²) in [4.78, 5) is 15.2. The first kappa shape index (κ1) is 49.5. The Balaban J connectivity index is 1.57. The number of ether oxygens (including phenoxy) is 3. The summed E-state index contributed by atoms with van der Waals surface area (Å²) in [6.07, 6.45) is 39.3. The van der Waals surface area contributed by atoms with Gasteiger partial charge in [0.15, 0.2) is 0 Å². The van der Waals surface area contributed by atoms with E-state index in [1.165, 1.54) is 128 Å². The van der Waals surface area contributed by atoms with Crippen LogP contribution in [0.4, 0.5) is 0 Å². The third-order valence-corrected chi connectivity index (χ3v) is 12.7. The summed E-state index contributed by atoms with van der Waals surface area (Å²) in [5.41, 5.74) is -0.0374. The molecule has 320 valence electrons. The molecule has 2 fully saturated rings. The molecule has 0 amide bonds. The highest BCUT2D eigenvalue weighted by molar-refractivity contribution is 5.72. The first-order valence-corrected chi connectivity index (χ1v) is 24.2. The predicted molar refractivity (Wildman–Crippen MR) is 229 cm³/mol. The zero-order chi connectivity index (χ0) is 39.1. The summed E-state index contributed by atoms with van der Waals surface area (Å²) >= 11 is 0. The minimum atomic E-state index is -0.284. The van der Waals surface area contributed by atoms with E-state index in [9.17, 15) is 9.90 Å². The maximum Gasteiger partial charge on any atom is 0.308 e. The van der Waals surface area contributed by atoms with Crippen molar-refractivity contribution < 1.29 is 24.1 Å². The minimum Gasteiger partial charge on any atom is -0.465 e. The van der Waals surface area contributed by atoms with Crippen LogP contribution >= 0.6 is 0 Å². The van der Waals surface area contributed by atoms with Crippen molar-refractivity contribution in [2.75, 3.05) is 33.4 Å². The number of nitrogens with zero attached hydrogens (tertiary/aromatic N) is 1. The van der Waals surface area contributed by atoms with Crippen LogP contribution in [0, 0.1) is 11.8 Å². The van der Waals surface area contributed by atoms with E-state index in [0.717, 1.165) is 96.7 Å². The largest absolute Gasteiger partial charge is 0.465 e. The van der Waals surface area contributed by atoms with Gasteiger partial charge in [-0.15, -0.1) is 0 Å². The SMILES string of the molecule is CCCCCCCCC(CCCCCC)C(=O)OCCCCCCN(C)CC(O)CCCCOC1(C(CCCCCC)CCCCCCCC)CC2OC21. The number of aliphatic hydroxyl groups is 1. The molecular formula is C48H93NO5. The smallest absolute Gasteiger partial charge is 0.308 e. The molecule has 1 saturated carbocycles. The van der Waals surface area contributed by atoms with Gasteiger partial charge in [-0.05, 0) is 77.3 Å². The second-order valence-corrected chi connectivity index (χ2v) is 17.8. The molecular weight excluding hydrogens is 671 g/mol. The van der Waals surface area contributed by atoms with Crippen molar-refractivity contribution in [2.24, 2.45) is 11.8 Å². The molecule has 0 spiro atoms. The zero-order valence-electron chi connectivity index (χ0n) is 36.9. The Kier molecular flexibility index (Phi) is 29.6. The van der Waals surface area contributed by atoms with Crippen molar-refractivity contribution in [3.63, 3.8) is 0 Å². The Labute approximate surface area is 336 Å². The van der Waals surface area contributed by atoms with Crippen molar-refractivity contribution in [1.29, 1.82) is 0 Å². The summed E-state index contributed by atoms with van der Waals surface area (Å²) in [7, 11) is 2.13. The summed E-state index contributed by atoms with van der Waals surface area (Å²) in [5, 5.41) is 10.8. The van der Waals surface area contributed by atoms with Crippen LogP contribution in [0.15, 0.2) is 0 Å². The van der Waals surface area contributed by atoms with Gasteiger partial charge in [0.1, 0.15) is 11.7 Å². The van der Waals surface area contributed by atoms with Crippen molar-refractivity contribution in [3.8, 4) is 0 Å². The molecule has 2 rings (SSSR count). The number of rotatable bonds is 41. The van der Waals surface area contributed by atoms with E-state index in [2.05, 4.69) is 39.6 Å². The van der Waals surface area contributed by atoms with E-state index in [1.54, 1.807) is 0 Å². The van der Waals surface area contributed by atoms with Gasteiger partial charge in [-0.2, -0.15) is 0 Å². The number of carbonyl (C=O) groups excluding carboxylic acids is 1. The summed E-state index contributed by atoms with van der Waals surface area (Å²) < 4.78 is 18.7. The highest BCUT2D eigenvalue weighted by atomic mass is 16.6. The third-order valence-electron chi connectivity index (χ3n) is 12.7. The van der Waals surface area contributed by atoms with E-state index in [-0.39, 0.29) is 23.6 Å². The Bertz CT molecular complexity index is 870. The van der Waals surface area contributed by atoms with Gasteiger partial charge in [0.25, 0.3) is 0 Å². The van der Waals surface area contributed by atoms with Crippen LogP contribution in [0.25, 0.3) is 0 Å². The second kappa shape index (κ2) is 32.3. The Morgan fingerprint density at radius 1 is 0.630 bits per heavy atom. The van der Waals surface area contributed by atoms with Gasteiger partial charge in [0, 0.05) is 19.6 Å². The number of esters is 1. The van der Waals surface area contributed by atoms with E-state index in [0.29, 0.717) is 24.7 Å². The van der Waals surface area contributed by atoms with E-state index >= 15 is 0 Å². The van der Waals surface area contributed by atoms with Gasteiger partial charge >= 0.3 is 5.97 Å². The van der Waals surface area contributed by atoms with Crippen LogP contribution in [-0.4, -0.2) is 73.2 Å². The Morgan fingerprint density at radius 3 is 1.63 bits per heavy atom. The first-order valence-electron chi connectivity index (χ1n) is 24.2. The van der Waals surface area contributed by atoms with Crippen molar-refractivity contribution in [2.45, 2.75) is 257 Å². The number of epoxide rings is 1. The van der Waals surface area contributed by atoms with Gasteiger partial charge < -0.3 is 24.2 Å². The lowest BCUT2D eigenvalue weighted by molar-refractivity contribution is -0.149. The van der Waals surface area contributed by atoms with Crippen LogP contribution in [-0.2, 0) is 19.0 Å². The molecule has 2 aliphatic rings. The molecule has 1 N–H and O–H groups in total. The number of carbonyl (C=O) groups is 1. The monoisotopic (exact) mass is 764 g/mol. The Morgan fingerprint density at radius 2 is 1.09 bits per heavy atom. The first-order chi connectivity index (χ1) is 26.4. The average Bonchev–Trinajstić information content (AvgIpc) is 3.85. The van der Waals surface area contributed by atoms with Crippen molar-refractivity contribution in [3.05, 3.63) is 0 Å². The predicted octanol–water partition coefficient (Wildman–Crippen LogP) is 13.2. The fraction of sp³-hybridized carbons (Fsp3) is 0.979. The number of likely N-dealkylation sites (N-methyl/N-ethyl adjacent to an activating group) is 1. The lowest BCUT2D eigenvalue weighted by atomic mass is 9.67. The number of fused-ring (bicyclic) bond motifs is 1. The lowest BCUT2D eigenvalue weighted by Gasteiger charge is -2.44. The molecule has 0 aromatic heterocycles.